The number of ketones is 1. The molecule has 0 spiro atoms. The lowest BCUT2D eigenvalue weighted by Gasteiger charge is -1.93. The highest BCUT2D eigenvalue weighted by atomic mass is 16.1. The third kappa shape index (κ3) is 1.65. The third-order valence-corrected chi connectivity index (χ3v) is 1.25. The summed E-state index contributed by atoms with van der Waals surface area (Å²) in [4.78, 5) is 11.3. The molecular formula is C9H7NO. The summed E-state index contributed by atoms with van der Waals surface area (Å²) in [6, 6.07) is 7.49. The zero-order chi connectivity index (χ0) is 10.8. The van der Waals surface area contributed by atoms with E-state index in [1.165, 1.54) is 24.3 Å². The molecule has 0 fully saturated rings. The van der Waals surface area contributed by atoms with Gasteiger partial charge in [-0.2, -0.15) is 5.26 Å². The van der Waals surface area contributed by atoms with Crippen molar-refractivity contribution in [1.82, 2.24) is 0 Å². The molecule has 0 unspecified atom stereocenters. The van der Waals surface area contributed by atoms with Crippen molar-refractivity contribution in [2.24, 2.45) is 0 Å². The summed E-state index contributed by atoms with van der Waals surface area (Å²) >= 11 is 0. The van der Waals surface area contributed by atoms with E-state index in [1.54, 1.807) is 0 Å². The van der Waals surface area contributed by atoms with E-state index in [0.717, 1.165) is 0 Å². The molecule has 0 aliphatic heterocycles. The van der Waals surface area contributed by atoms with Crippen LogP contribution in [0.4, 0.5) is 0 Å². The monoisotopic (exact) mass is 148 g/mol. The van der Waals surface area contributed by atoms with Crippen LogP contribution in [-0.2, 0) is 0 Å². The molecule has 0 aliphatic rings. The fraction of sp³-hybridized carbons (Fsp3) is 0.111. The minimum absolute atomic E-state index is 0.0454. The highest BCUT2D eigenvalue weighted by Gasteiger charge is 1.98. The minimum Gasteiger partial charge on any atom is -0.295 e. The quantitative estimate of drug-likeness (QED) is 0.569. The molecule has 0 N–H and O–H groups in total. The molecule has 0 radical (unpaired) electrons. The molecule has 2 heteroatoms. The molecule has 0 bridgehead atoms. The smallest absolute Gasteiger partial charge is 0.159 e. The Kier molecular flexibility index (Phi) is 1.16. The van der Waals surface area contributed by atoms with Crippen LogP contribution in [0.15, 0.2) is 24.3 Å². The first-order valence-electron chi connectivity index (χ1n) is 4.50. The van der Waals surface area contributed by atoms with Crippen LogP contribution in [-0.4, -0.2) is 5.78 Å². The summed E-state index contributed by atoms with van der Waals surface area (Å²) in [7, 11) is 0. The van der Waals surface area contributed by atoms with E-state index >= 15 is 0 Å². The van der Waals surface area contributed by atoms with E-state index in [4.69, 9.17) is 9.37 Å². The van der Waals surface area contributed by atoms with Crippen molar-refractivity contribution in [3.8, 4) is 6.07 Å². The Morgan fingerprint density at radius 2 is 2.55 bits per heavy atom. The van der Waals surface area contributed by atoms with Crippen molar-refractivity contribution >= 4 is 5.78 Å². The number of nitrogens with zero attached hydrogens (tertiary/aromatic N) is 1. The van der Waals surface area contributed by atoms with Gasteiger partial charge >= 0.3 is 0 Å². The first-order chi connectivity index (χ1) is 6.45. The van der Waals surface area contributed by atoms with Crippen molar-refractivity contribution in [2.45, 2.75) is 6.85 Å². The van der Waals surface area contributed by atoms with E-state index in [-0.39, 0.29) is 11.1 Å². The molecule has 11 heavy (non-hydrogen) atoms. The van der Waals surface area contributed by atoms with Crippen LogP contribution in [0.25, 0.3) is 0 Å². The topological polar surface area (TPSA) is 40.9 Å². The van der Waals surface area contributed by atoms with Crippen LogP contribution in [0.2, 0.25) is 0 Å². The van der Waals surface area contributed by atoms with Gasteiger partial charge in [0.05, 0.1) is 11.6 Å². The van der Waals surface area contributed by atoms with E-state index in [9.17, 15) is 4.79 Å². The van der Waals surface area contributed by atoms with Crippen molar-refractivity contribution in [3.63, 3.8) is 0 Å². The Labute approximate surface area is 69.3 Å². The van der Waals surface area contributed by atoms with Crippen LogP contribution in [0.1, 0.15) is 26.9 Å². The molecule has 0 saturated heterocycles. The Morgan fingerprint density at radius 1 is 1.73 bits per heavy atom. The van der Waals surface area contributed by atoms with Crippen LogP contribution < -0.4 is 0 Å². The van der Waals surface area contributed by atoms with E-state index < -0.39 is 12.6 Å². The molecule has 0 heterocycles. The first-order valence-corrected chi connectivity index (χ1v) is 3.00. The van der Waals surface area contributed by atoms with Gasteiger partial charge in [-0.1, -0.05) is 12.1 Å². The Hall–Kier alpha value is -1.62. The predicted octanol–water partition coefficient (Wildman–Crippen LogP) is 1.76. The molecule has 2 nitrogen and oxygen atoms in total. The Bertz CT molecular complexity index is 403. The third-order valence-electron chi connectivity index (χ3n) is 1.25. The molecule has 1 aromatic carbocycles. The van der Waals surface area contributed by atoms with Gasteiger partial charge in [-0.3, -0.25) is 4.79 Å². The van der Waals surface area contributed by atoms with Crippen LogP contribution >= 0.6 is 0 Å². The average molecular weight is 148 g/mol. The van der Waals surface area contributed by atoms with Gasteiger partial charge in [0.2, 0.25) is 0 Å². The van der Waals surface area contributed by atoms with Gasteiger partial charge in [0.15, 0.2) is 5.78 Å². The van der Waals surface area contributed by atoms with Crippen LogP contribution in [0, 0.1) is 11.3 Å². The Morgan fingerprint density at radius 3 is 3.18 bits per heavy atom. The number of rotatable bonds is 1. The highest BCUT2D eigenvalue weighted by molar-refractivity contribution is 5.94. The van der Waals surface area contributed by atoms with Gasteiger partial charge < -0.3 is 0 Å². The summed E-state index contributed by atoms with van der Waals surface area (Å²) in [5.74, 6) is -0.936. The van der Waals surface area contributed by atoms with E-state index in [1.807, 2.05) is 6.07 Å². The number of carbonyl (C=O) groups excluding carboxylic acids is 1. The molecular weight excluding hydrogens is 138 g/mol. The maximum atomic E-state index is 11.3. The van der Waals surface area contributed by atoms with Crippen molar-refractivity contribution in [2.75, 3.05) is 0 Å². The summed E-state index contributed by atoms with van der Waals surface area (Å²) in [6.45, 7) is -2.64. The van der Waals surface area contributed by atoms with Crippen LogP contribution in [0.3, 0.4) is 0 Å². The molecule has 0 aromatic heterocycles. The normalized spacial score (nSPS) is 13.9. The number of Topliss-reactive ketones (excluding diaryl/α,β-unsaturated/α-hetero) is 1. The zero-order valence-electron chi connectivity index (χ0n) is 8.66. The molecule has 1 rings (SSSR count). The number of nitriles is 1. The van der Waals surface area contributed by atoms with E-state index in [2.05, 4.69) is 0 Å². The van der Waals surface area contributed by atoms with Gasteiger partial charge in [0, 0.05) is 9.68 Å². The average Bonchev–Trinajstić information content (AvgIpc) is 2.15. The van der Waals surface area contributed by atoms with Crippen molar-refractivity contribution in [1.29, 1.82) is 5.26 Å². The lowest BCUT2D eigenvalue weighted by molar-refractivity contribution is 0.101. The largest absolute Gasteiger partial charge is 0.295 e. The van der Waals surface area contributed by atoms with Gasteiger partial charge in [-0.05, 0) is 19.0 Å². The minimum atomic E-state index is -2.64. The summed E-state index contributed by atoms with van der Waals surface area (Å²) in [5, 5.41) is 8.54. The number of hydrogen-bond donors (Lipinski definition) is 0. The fourth-order valence-corrected chi connectivity index (χ4v) is 0.730. The Balaban J connectivity index is 3.10. The molecule has 0 saturated carbocycles. The molecule has 1 aromatic rings. The first kappa shape index (κ1) is 4.30. The maximum Gasteiger partial charge on any atom is 0.159 e. The standard InChI is InChI=1S/C9H7NO/c1-7(11)9-4-2-3-8(5-9)6-10/h2-5H,1H3/i1D3. The highest BCUT2D eigenvalue weighted by Crippen LogP contribution is 2.03. The second-order valence-corrected chi connectivity index (χ2v) is 2.02. The van der Waals surface area contributed by atoms with Crippen molar-refractivity contribution in [3.05, 3.63) is 35.4 Å². The van der Waals surface area contributed by atoms with E-state index in [0.29, 0.717) is 0 Å². The summed E-state index contributed by atoms with van der Waals surface area (Å²) < 4.78 is 20.7. The lowest BCUT2D eigenvalue weighted by Crippen LogP contribution is -1.91. The maximum absolute atomic E-state index is 11.3. The zero-order valence-corrected chi connectivity index (χ0v) is 5.66. The molecule has 0 aliphatic carbocycles. The SMILES string of the molecule is [2H]C([2H])([2H])C(=O)c1cccc(C#N)c1. The fourth-order valence-electron chi connectivity index (χ4n) is 0.730. The molecule has 0 amide bonds. The van der Waals surface area contributed by atoms with Gasteiger partial charge in [0.1, 0.15) is 0 Å². The van der Waals surface area contributed by atoms with Gasteiger partial charge in [-0.15, -0.1) is 0 Å². The number of carbonyl (C=O) groups is 1. The van der Waals surface area contributed by atoms with Crippen LogP contribution in [0.5, 0.6) is 0 Å². The number of benzene rings is 1. The molecule has 54 valence electrons. The number of hydrogen-bond acceptors (Lipinski definition) is 2. The van der Waals surface area contributed by atoms with Gasteiger partial charge in [0.25, 0.3) is 0 Å². The van der Waals surface area contributed by atoms with Crippen molar-refractivity contribution < 1.29 is 8.91 Å². The predicted molar refractivity (Wildman–Crippen MR) is 41.2 cm³/mol. The second-order valence-electron chi connectivity index (χ2n) is 2.02. The summed E-state index contributed by atoms with van der Waals surface area (Å²) in [5.41, 5.74) is 0.323. The van der Waals surface area contributed by atoms with Gasteiger partial charge in [-0.25, -0.2) is 0 Å². The lowest BCUT2D eigenvalue weighted by atomic mass is 10.1. The summed E-state index contributed by atoms with van der Waals surface area (Å²) in [6.07, 6.45) is 0. The second kappa shape index (κ2) is 2.98. The molecule has 0 atom stereocenters.